The van der Waals surface area contributed by atoms with Crippen molar-refractivity contribution in [2.24, 2.45) is 0 Å². The molecule has 0 amide bonds. The molecule has 0 aromatic heterocycles. The molecule has 0 aliphatic rings. The Morgan fingerprint density at radius 2 is 2.08 bits per heavy atom. The van der Waals surface area contributed by atoms with E-state index in [1.54, 1.807) is 0 Å². The molecule has 0 bridgehead atoms. The zero-order chi connectivity index (χ0) is 8.81. The Hall–Kier alpha value is -0.780. The predicted octanol–water partition coefficient (Wildman–Crippen LogP) is 3.53. The van der Waals surface area contributed by atoms with Crippen LogP contribution in [-0.4, -0.2) is 0 Å². The van der Waals surface area contributed by atoms with Crippen LogP contribution in [0.3, 0.4) is 0 Å². The van der Waals surface area contributed by atoms with Gasteiger partial charge in [0.05, 0.1) is 0 Å². The second kappa shape index (κ2) is 4.97. The quantitative estimate of drug-likeness (QED) is 0.593. The van der Waals surface area contributed by atoms with Crippen molar-refractivity contribution in [3.05, 3.63) is 35.4 Å². The van der Waals surface area contributed by atoms with Crippen LogP contribution in [-0.2, 0) is 6.42 Å². The van der Waals surface area contributed by atoms with E-state index in [9.17, 15) is 0 Å². The van der Waals surface area contributed by atoms with Crippen LogP contribution in [0, 0.1) is 13.0 Å². The summed E-state index contributed by atoms with van der Waals surface area (Å²) in [5.41, 5.74) is 2.66. The topological polar surface area (TPSA) is 0 Å². The molecule has 0 spiro atoms. The monoisotopic (exact) mass is 161 g/mol. The molecule has 0 heteroatoms. The standard InChI is InChI=1S/C12H17/c1-3-4-5-6-12-9-7-11(2)8-10-12/h7-9H,3-6H2,1-2H3. The minimum Gasteiger partial charge on any atom is -0.0654 e. The van der Waals surface area contributed by atoms with Crippen LogP contribution in [0.1, 0.15) is 37.3 Å². The Labute approximate surface area is 75.6 Å². The van der Waals surface area contributed by atoms with Crippen molar-refractivity contribution in [2.75, 3.05) is 0 Å². The Kier molecular flexibility index (Phi) is 3.86. The summed E-state index contributed by atoms with van der Waals surface area (Å²) in [6.07, 6.45) is 5.12. The molecule has 0 heterocycles. The van der Waals surface area contributed by atoms with E-state index in [4.69, 9.17) is 0 Å². The van der Waals surface area contributed by atoms with E-state index in [2.05, 4.69) is 38.1 Å². The Bertz CT molecular complexity index is 208. The lowest BCUT2D eigenvalue weighted by Crippen LogP contribution is -1.85. The van der Waals surface area contributed by atoms with Crippen LogP contribution in [0.25, 0.3) is 0 Å². The molecule has 1 aromatic rings. The molecule has 65 valence electrons. The van der Waals surface area contributed by atoms with Gasteiger partial charge in [-0.15, -0.1) is 0 Å². The average molecular weight is 161 g/mol. The molecular weight excluding hydrogens is 144 g/mol. The molecule has 0 atom stereocenters. The summed E-state index contributed by atoms with van der Waals surface area (Å²) in [4.78, 5) is 0. The molecule has 1 rings (SSSR count). The molecule has 0 saturated heterocycles. The molecule has 0 saturated carbocycles. The molecule has 12 heavy (non-hydrogen) atoms. The van der Waals surface area contributed by atoms with Gasteiger partial charge in [-0.1, -0.05) is 43.5 Å². The fraction of sp³-hybridized carbons (Fsp3) is 0.500. The summed E-state index contributed by atoms with van der Waals surface area (Å²) in [5, 5.41) is 0. The van der Waals surface area contributed by atoms with Crippen LogP contribution in [0.5, 0.6) is 0 Å². The van der Waals surface area contributed by atoms with Crippen LogP contribution < -0.4 is 0 Å². The van der Waals surface area contributed by atoms with Crippen molar-refractivity contribution in [3.8, 4) is 0 Å². The van der Waals surface area contributed by atoms with Gasteiger partial charge in [0, 0.05) is 0 Å². The number of hydrogen-bond acceptors (Lipinski definition) is 0. The summed E-state index contributed by atoms with van der Waals surface area (Å²) in [6, 6.07) is 9.72. The molecule has 0 aliphatic heterocycles. The first kappa shape index (κ1) is 9.31. The zero-order valence-corrected chi connectivity index (χ0v) is 8.06. The van der Waals surface area contributed by atoms with Crippen LogP contribution in [0.4, 0.5) is 0 Å². The minimum atomic E-state index is 1.19. The fourth-order valence-electron chi connectivity index (χ4n) is 1.26. The molecular formula is C12H17. The first-order valence-corrected chi connectivity index (χ1v) is 4.80. The summed E-state index contributed by atoms with van der Waals surface area (Å²) < 4.78 is 0. The molecule has 0 N–H and O–H groups in total. The normalized spacial score (nSPS) is 10.2. The third-order valence-corrected chi connectivity index (χ3v) is 2.08. The van der Waals surface area contributed by atoms with Crippen LogP contribution >= 0.6 is 0 Å². The first-order chi connectivity index (χ1) is 5.83. The van der Waals surface area contributed by atoms with Crippen molar-refractivity contribution in [1.82, 2.24) is 0 Å². The van der Waals surface area contributed by atoms with Gasteiger partial charge < -0.3 is 0 Å². The van der Waals surface area contributed by atoms with Gasteiger partial charge in [0.15, 0.2) is 0 Å². The molecule has 0 unspecified atom stereocenters. The maximum absolute atomic E-state index is 3.30. The van der Waals surface area contributed by atoms with Crippen molar-refractivity contribution >= 4 is 0 Å². The molecule has 1 aromatic carbocycles. The van der Waals surface area contributed by atoms with E-state index in [0.29, 0.717) is 0 Å². The third-order valence-electron chi connectivity index (χ3n) is 2.08. The average Bonchev–Trinajstić information content (AvgIpc) is 2.09. The number of benzene rings is 1. The number of hydrogen-bond donors (Lipinski definition) is 0. The van der Waals surface area contributed by atoms with E-state index in [1.165, 1.54) is 36.8 Å². The lowest BCUT2D eigenvalue weighted by Gasteiger charge is -1.99. The third kappa shape index (κ3) is 3.08. The largest absolute Gasteiger partial charge is 0.0654 e. The van der Waals surface area contributed by atoms with Crippen molar-refractivity contribution in [2.45, 2.75) is 39.5 Å². The SMILES string of the molecule is CCCCCc1[c]cc(C)cc1. The lowest BCUT2D eigenvalue weighted by molar-refractivity contribution is 0.717. The van der Waals surface area contributed by atoms with Gasteiger partial charge in [-0.25, -0.2) is 0 Å². The first-order valence-electron chi connectivity index (χ1n) is 4.80. The number of unbranched alkanes of at least 4 members (excludes halogenated alkanes) is 2. The molecule has 0 fully saturated rings. The number of aryl methyl sites for hydroxylation is 2. The fourth-order valence-corrected chi connectivity index (χ4v) is 1.26. The Morgan fingerprint density at radius 3 is 2.67 bits per heavy atom. The Morgan fingerprint density at radius 1 is 1.25 bits per heavy atom. The van der Waals surface area contributed by atoms with Gasteiger partial charge in [0.2, 0.25) is 0 Å². The van der Waals surface area contributed by atoms with E-state index in [1.807, 2.05) is 0 Å². The van der Waals surface area contributed by atoms with E-state index < -0.39 is 0 Å². The maximum Gasteiger partial charge on any atom is -0.0146 e. The highest BCUT2D eigenvalue weighted by Gasteiger charge is 1.92. The summed E-state index contributed by atoms with van der Waals surface area (Å²) in [5.74, 6) is 0. The summed E-state index contributed by atoms with van der Waals surface area (Å²) in [6.45, 7) is 4.34. The minimum absolute atomic E-state index is 1.19. The summed E-state index contributed by atoms with van der Waals surface area (Å²) in [7, 11) is 0. The van der Waals surface area contributed by atoms with Gasteiger partial charge in [-0.2, -0.15) is 0 Å². The molecule has 0 nitrogen and oxygen atoms in total. The lowest BCUT2D eigenvalue weighted by atomic mass is 10.1. The van der Waals surface area contributed by atoms with Gasteiger partial charge in [0.1, 0.15) is 0 Å². The highest BCUT2D eigenvalue weighted by Crippen LogP contribution is 2.07. The van der Waals surface area contributed by atoms with Gasteiger partial charge in [-0.05, 0) is 31.4 Å². The zero-order valence-electron chi connectivity index (χ0n) is 8.06. The smallest absolute Gasteiger partial charge is 0.0146 e. The van der Waals surface area contributed by atoms with Gasteiger partial charge in [0.25, 0.3) is 0 Å². The van der Waals surface area contributed by atoms with E-state index >= 15 is 0 Å². The number of rotatable bonds is 4. The van der Waals surface area contributed by atoms with E-state index in [-0.39, 0.29) is 0 Å². The van der Waals surface area contributed by atoms with Crippen LogP contribution in [0.15, 0.2) is 18.2 Å². The highest BCUT2D eigenvalue weighted by molar-refractivity contribution is 5.19. The van der Waals surface area contributed by atoms with E-state index in [0.717, 1.165) is 0 Å². The molecule has 0 aliphatic carbocycles. The molecule has 1 radical (unpaired) electrons. The van der Waals surface area contributed by atoms with Gasteiger partial charge >= 0.3 is 0 Å². The second-order valence-corrected chi connectivity index (χ2v) is 3.35. The highest BCUT2D eigenvalue weighted by atomic mass is 14.0. The van der Waals surface area contributed by atoms with Crippen molar-refractivity contribution < 1.29 is 0 Å². The van der Waals surface area contributed by atoms with Crippen LogP contribution in [0.2, 0.25) is 0 Å². The van der Waals surface area contributed by atoms with Crippen molar-refractivity contribution in [1.29, 1.82) is 0 Å². The summed E-state index contributed by atoms with van der Waals surface area (Å²) >= 11 is 0. The predicted molar refractivity (Wildman–Crippen MR) is 53.2 cm³/mol. The Balaban J connectivity index is 2.37. The maximum atomic E-state index is 3.30. The van der Waals surface area contributed by atoms with Gasteiger partial charge in [-0.3, -0.25) is 0 Å². The van der Waals surface area contributed by atoms with Crippen molar-refractivity contribution in [3.63, 3.8) is 0 Å². The second-order valence-electron chi connectivity index (χ2n) is 3.35.